The van der Waals surface area contributed by atoms with Crippen LogP contribution >= 0.6 is 0 Å². The van der Waals surface area contributed by atoms with Crippen molar-refractivity contribution in [1.82, 2.24) is 5.32 Å². The van der Waals surface area contributed by atoms with Gasteiger partial charge in [-0.15, -0.1) is 0 Å². The fourth-order valence-corrected chi connectivity index (χ4v) is 2.47. The second-order valence-corrected chi connectivity index (χ2v) is 4.90. The van der Waals surface area contributed by atoms with Crippen molar-refractivity contribution >= 4 is 0 Å². The molecule has 1 atom stereocenters. The van der Waals surface area contributed by atoms with Gasteiger partial charge in [0.2, 0.25) is 0 Å². The first-order chi connectivity index (χ1) is 7.69. The SMILES string of the molecule is COc1ccc2c(c1)CC[C@H](NC(C)C)C2. The highest BCUT2D eigenvalue weighted by Gasteiger charge is 2.19. The zero-order valence-corrected chi connectivity index (χ0v) is 10.4. The Morgan fingerprint density at radius 3 is 2.81 bits per heavy atom. The molecule has 2 heteroatoms. The molecule has 0 bridgehead atoms. The van der Waals surface area contributed by atoms with Crippen LogP contribution in [0.3, 0.4) is 0 Å². The number of nitrogens with one attached hydrogen (secondary N) is 1. The van der Waals surface area contributed by atoms with Crippen LogP contribution in [0.2, 0.25) is 0 Å². The minimum Gasteiger partial charge on any atom is -0.497 e. The lowest BCUT2D eigenvalue weighted by molar-refractivity contribution is 0.406. The van der Waals surface area contributed by atoms with Gasteiger partial charge in [0.25, 0.3) is 0 Å². The lowest BCUT2D eigenvalue weighted by Gasteiger charge is -2.27. The van der Waals surface area contributed by atoms with E-state index in [-0.39, 0.29) is 0 Å². The van der Waals surface area contributed by atoms with Crippen LogP contribution < -0.4 is 10.1 Å². The highest BCUT2D eigenvalue weighted by molar-refractivity contribution is 5.37. The summed E-state index contributed by atoms with van der Waals surface area (Å²) in [5.74, 6) is 0.981. The van der Waals surface area contributed by atoms with Crippen LogP contribution in [-0.4, -0.2) is 19.2 Å². The van der Waals surface area contributed by atoms with Crippen molar-refractivity contribution in [2.75, 3.05) is 7.11 Å². The van der Waals surface area contributed by atoms with E-state index >= 15 is 0 Å². The van der Waals surface area contributed by atoms with Gasteiger partial charge < -0.3 is 10.1 Å². The van der Waals surface area contributed by atoms with Crippen LogP contribution in [0.15, 0.2) is 18.2 Å². The Morgan fingerprint density at radius 1 is 1.31 bits per heavy atom. The molecule has 0 aromatic heterocycles. The van der Waals surface area contributed by atoms with Gasteiger partial charge in [-0.05, 0) is 42.5 Å². The summed E-state index contributed by atoms with van der Waals surface area (Å²) in [7, 11) is 1.73. The zero-order valence-electron chi connectivity index (χ0n) is 10.4. The molecular weight excluding hydrogens is 198 g/mol. The van der Waals surface area contributed by atoms with Crippen molar-refractivity contribution in [1.29, 1.82) is 0 Å². The second kappa shape index (κ2) is 4.88. The molecule has 16 heavy (non-hydrogen) atoms. The smallest absolute Gasteiger partial charge is 0.119 e. The molecule has 0 heterocycles. The van der Waals surface area contributed by atoms with Gasteiger partial charge in [-0.2, -0.15) is 0 Å². The molecule has 2 rings (SSSR count). The average molecular weight is 219 g/mol. The molecule has 1 aromatic rings. The largest absolute Gasteiger partial charge is 0.497 e. The number of hydrogen-bond donors (Lipinski definition) is 1. The Balaban J connectivity index is 2.09. The molecule has 1 N–H and O–H groups in total. The lowest BCUT2D eigenvalue weighted by Crippen LogP contribution is -2.38. The highest BCUT2D eigenvalue weighted by Crippen LogP contribution is 2.25. The monoisotopic (exact) mass is 219 g/mol. The van der Waals surface area contributed by atoms with E-state index in [9.17, 15) is 0 Å². The van der Waals surface area contributed by atoms with Gasteiger partial charge >= 0.3 is 0 Å². The summed E-state index contributed by atoms with van der Waals surface area (Å²) in [6, 6.07) is 7.67. The van der Waals surface area contributed by atoms with Crippen LogP contribution in [0.5, 0.6) is 5.75 Å². The van der Waals surface area contributed by atoms with E-state index < -0.39 is 0 Å². The zero-order chi connectivity index (χ0) is 11.5. The van der Waals surface area contributed by atoms with Gasteiger partial charge in [0, 0.05) is 12.1 Å². The van der Waals surface area contributed by atoms with E-state index in [1.54, 1.807) is 7.11 Å². The van der Waals surface area contributed by atoms with Crippen LogP contribution in [0.1, 0.15) is 31.4 Å². The average Bonchev–Trinajstić information content (AvgIpc) is 2.27. The van der Waals surface area contributed by atoms with Gasteiger partial charge in [0.1, 0.15) is 5.75 Å². The van der Waals surface area contributed by atoms with Crippen molar-refractivity contribution in [3.05, 3.63) is 29.3 Å². The van der Waals surface area contributed by atoms with E-state index in [1.807, 2.05) is 0 Å². The van der Waals surface area contributed by atoms with E-state index in [0.29, 0.717) is 12.1 Å². The fraction of sp³-hybridized carbons (Fsp3) is 0.571. The van der Waals surface area contributed by atoms with Crippen LogP contribution in [0.4, 0.5) is 0 Å². The quantitative estimate of drug-likeness (QED) is 0.843. The van der Waals surface area contributed by atoms with Crippen molar-refractivity contribution < 1.29 is 4.74 Å². The summed E-state index contributed by atoms with van der Waals surface area (Å²) in [6.45, 7) is 4.42. The number of benzene rings is 1. The van der Waals surface area contributed by atoms with E-state index in [1.165, 1.54) is 17.5 Å². The minimum atomic E-state index is 0.574. The van der Waals surface area contributed by atoms with E-state index in [4.69, 9.17) is 4.74 Å². The number of methoxy groups -OCH3 is 1. The number of hydrogen-bond acceptors (Lipinski definition) is 2. The third-order valence-electron chi connectivity index (χ3n) is 3.21. The molecule has 0 amide bonds. The van der Waals surface area contributed by atoms with Crippen LogP contribution in [0, 0.1) is 0 Å². The first-order valence-corrected chi connectivity index (χ1v) is 6.11. The molecule has 0 saturated carbocycles. The number of aryl methyl sites for hydroxylation is 1. The van der Waals surface area contributed by atoms with Crippen LogP contribution in [-0.2, 0) is 12.8 Å². The van der Waals surface area contributed by atoms with Crippen molar-refractivity contribution in [3.8, 4) is 5.75 Å². The lowest BCUT2D eigenvalue weighted by atomic mass is 9.88. The molecule has 0 spiro atoms. The summed E-state index contributed by atoms with van der Waals surface area (Å²) in [4.78, 5) is 0. The van der Waals surface area contributed by atoms with Crippen molar-refractivity contribution in [2.45, 2.75) is 45.2 Å². The first kappa shape index (κ1) is 11.5. The normalized spacial score (nSPS) is 19.6. The van der Waals surface area contributed by atoms with Crippen LogP contribution in [0.25, 0.3) is 0 Å². The molecule has 88 valence electrons. The maximum Gasteiger partial charge on any atom is 0.119 e. The molecule has 1 aromatic carbocycles. The molecule has 0 fully saturated rings. The van der Waals surface area contributed by atoms with Gasteiger partial charge in [-0.3, -0.25) is 0 Å². The summed E-state index contributed by atoms with van der Waals surface area (Å²) in [5, 5.41) is 3.62. The summed E-state index contributed by atoms with van der Waals surface area (Å²) in [5.41, 5.74) is 2.94. The Labute approximate surface area is 98.0 Å². The summed E-state index contributed by atoms with van der Waals surface area (Å²) in [6.07, 6.45) is 3.55. The van der Waals surface area contributed by atoms with E-state index in [0.717, 1.165) is 18.6 Å². The molecule has 0 radical (unpaired) electrons. The first-order valence-electron chi connectivity index (χ1n) is 6.11. The predicted molar refractivity (Wildman–Crippen MR) is 67.1 cm³/mol. The third-order valence-corrected chi connectivity index (χ3v) is 3.21. The maximum absolute atomic E-state index is 5.26. The molecule has 0 aliphatic heterocycles. The summed E-state index contributed by atoms with van der Waals surface area (Å²) >= 11 is 0. The number of rotatable bonds is 3. The summed E-state index contributed by atoms with van der Waals surface area (Å²) < 4.78 is 5.26. The molecule has 0 saturated heterocycles. The molecule has 2 nitrogen and oxygen atoms in total. The van der Waals surface area contributed by atoms with Gasteiger partial charge in [0.05, 0.1) is 7.11 Å². The van der Waals surface area contributed by atoms with Gasteiger partial charge in [0.15, 0.2) is 0 Å². The molecule has 0 unspecified atom stereocenters. The Hall–Kier alpha value is -1.02. The van der Waals surface area contributed by atoms with Crippen molar-refractivity contribution in [3.63, 3.8) is 0 Å². The van der Waals surface area contributed by atoms with Gasteiger partial charge in [-0.1, -0.05) is 19.9 Å². The fourth-order valence-electron chi connectivity index (χ4n) is 2.47. The number of ether oxygens (including phenoxy) is 1. The van der Waals surface area contributed by atoms with Gasteiger partial charge in [-0.25, -0.2) is 0 Å². The third kappa shape index (κ3) is 2.56. The Kier molecular flexibility index (Phi) is 3.49. The standard InChI is InChI=1S/C14H21NO/c1-10(2)15-13-6-4-12-9-14(16-3)7-5-11(12)8-13/h5,7,9-10,13,15H,4,6,8H2,1-3H3/t13-/m0/s1. The molecule has 1 aliphatic carbocycles. The minimum absolute atomic E-state index is 0.574. The Bertz CT molecular complexity index is 360. The van der Waals surface area contributed by atoms with E-state index in [2.05, 4.69) is 37.4 Å². The molecule has 1 aliphatic rings. The highest BCUT2D eigenvalue weighted by atomic mass is 16.5. The second-order valence-electron chi connectivity index (χ2n) is 4.90. The van der Waals surface area contributed by atoms with Crippen molar-refractivity contribution in [2.24, 2.45) is 0 Å². The Morgan fingerprint density at radius 2 is 2.12 bits per heavy atom. The maximum atomic E-state index is 5.26. The topological polar surface area (TPSA) is 21.3 Å². The predicted octanol–water partition coefficient (Wildman–Crippen LogP) is 2.55. The number of fused-ring (bicyclic) bond motifs is 1. The molecular formula is C14H21NO.